The van der Waals surface area contributed by atoms with Gasteiger partial charge in [0.15, 0.2) is 0 Å². The SMILES string of the molecule is CC1CN(S(=O)(=O)c2cc(Cl)c(Br)s2)CC(C)N1C. The Hall–Kier alpha value is 0.340. The fraction of sp³-hybridized carbons (Fsp3) is 0.636. The first-order valence-electron chi connectivity index (χ1n) is 5.90. The third-order valence-corrected chi connectivity index (χ3v) is 8.30. The Bertz CT molecular complexity index is 544. The molecule has 1 aromatic rings. The summed E-state index contributed by atoms with van der Waals surface area (Å²) in [7, 11) is -1.42. The lowest BCUT2D eigenvalue weighted by Gasteiger charge is -2.41. The topological polar surface area (TPSA) is 40.6 Å². The lowest BCUT2D eigenvalue weighted by Crippen LogP contribution is -2.56. The van der Waals surface area contributed by atoms with Gasteiger partial charge in [0.05, 0.1) is 8.81 Å². The quantitative estimate of drug-likeness (QED) is 0.783. The van der Waals surface area contributed by atoms with Gasteiger partial charge in [-0.3, -0.25) is 4.90 Å². The summed E-state index contributed by atoms with van der Waals surface area (Å²) in [5, 5.41) is 0.443. The Morgan fingerprint density at radius 3 is 2.32 bits per heavy atom. The van der Waals surface area contributed by atoms with Gasteiger partial charge in [0.1, 0.15) is 4.21 Å². The summed E-state index contributed by atoms with van der Waals surface area (Å²) in [4.78, 5) is 2.20. The van der Waals surface area contributed by atoms with E-state index >= 15 is 0 Å². The number of thiophene rings is 1. The maximum Gasteiger partial charge on any atom is 0.252 e. The van der Waals surface area contributed by atoms with E-state index in [2.05, 4.69) is 20.8 Å². The molecule has 1 aliphatic heterocycles. The molecule has 1 aromatic heterocycles. The van der Waals surface area contributed by atoms with Gasteiger partial charge in [-0.15, -0.1) is 11.3 Å². The molecule has 8 heteroatoms. The molecule has 0 radical (unpaired) electrons. The summed E-state index contributed by atoms with van der Waals surface area (Å²) in [6.07, 6.45) is 0. The highest BCUT2D eigenvalue weighted by molar-refractivity contribution is 9.11. The molecule has 2 heterocycles. The van der Waals surface area contributed by atoms with Gasteiger partial charge in [0, 0.05) is 25.2 Å². The second kappa shape index (κ2) is 5.61. The third kappa shape index (κ3) is 3.01. The molecule has 2 rings (SSSR count). The summed E-state index contributed by atoms with van der Waals surface area (Å²) in [6, 6.07) is 1.93. The average Bonchev–Trinajstić information content (AvgIpc) is 2.66. The fourth-order valence-electron chi connectivity index (χ4n) is 2.13. The smallest absolute Gasteiger partial charge is 0.252 e. The Labute approximate surface area is 131 Å². The molecule has 1 saturated heterocycles. The average molecular weight is 388 g/mol. The van der Waals surface area contributed by atoms with E-state index in [9.17, 15) is 8.42 Å². The number of rotatable bonds is 2. The number of halogens is 2. The summed E-state index contributed by atoms with van der Waals surface area (Å²) >= 11 is 10.3. The van der Waals surface area contributed by atoms with Crippen LogP contribution >= 0.6 is 38.9 Å². The van der Waals surface area contributed by atoms with E-state index in [-0.39, 0.29) is 12.1 Å². The standard InChI is InChI=1S/C11H16BrClN2O2S2/c1-7-5-15(6-8(2)14(7)3)19(16,17)10-4-9(13)11(12)18-10/h4,7-8H,5-6H2,1-3H3. The van der Waals surface area contributed by atoms with Gasteiger partial charge in [-0.2, -0.15) is 4.31 Å². The molecule has 1 aliphatic rings. The van der Waals surface area contributed by atoms with E-state index in [1.807, 2.05) is 20.9 Å². The van der Waals surface area contributed by atoms with Crippen molar-refractivity contribution >= 4 is 48.9 Å². The van der Waals surface area contributed by atoms with Crippen molar-refractivity contribution in [3.8, 4) is 0 Å². The van der Waals surface area contributed by atoms with Crippen LogP contribution in [0.5, 0.6) is 0 Å². The summed E-state index contributed by atoms with van der Waals surface area (Å²) in [5.41, 5.74) is 0. The van der Waals surface area contributed by atoms with E-state index in [4.69, 9.17) is 11.6 Å². The van der Waals surface area contributed by atoms with Gasteiger partial charge < -0.3 is 0 Å². The normalized spacial score (nSPS) is 26.8. The predicted molar refractivity (Wildman–Crippen MR) is 82.5 cm³/mol. The lowest BCUT2D eigenvalue weighted by atomic mass is 10.1. The van der Waals surface area contributed by atoms with Crippen LogP contribution in [0, 0.1) is 0 Å². The van der Waals surface area contributed by atoms with Gasteiger partial charge in [-0.25, -0.2) is 8.42 Å². The fourth-order valence-corrected chi connectivity index (χ4v) is 6.29. The molecule has 0 spiro atoms. The molecule has 0 aliphatic carbocycles. The second-order valence-corrected chi connectivity index (χ2v) is 9.81. The Morgan fingerprint density at radius 2 is 1.89 bits per heavy atom. The first-order valence-corrected chi connectivity index (χ1v) is 9.33. The molecule has 108 valence electrons. The van der Waals surface area contributed by atoms with Crippen LogP contribution in [0.3, 0.4) is 0 Å². The molecule has 0 amide bonds. The minimum absolute atomic E-state index is 0.206. The molecule has 19 heavy (non-hydrogen) atoms. The highest BCUT2D eigenvalue weighted by Crippen LogP contribution is 2.36. The van der Waals surface area contributed by atoms with Gasteiger partial charge in [-0.1, -0.05) is 11.6 Å². The molecular formula is C11H16BrClN2O2S2. The maximum atomic E-state index is 12.6. The first-order chi connectivity index (χ1) is 8.73. The van der Waals surface area contributed by atoms with E-state index < -0.39 is 10.0 Å². The number of hydrogen-bond acceptors (Lipinski definition) is 4. The van der Waals surface area contributed by atoms with Gasteiger partial charge in [0.2, 0.25) is 0 Å². The molecule has 0 N–H and O–H groups in total. The van der Waals surface area contributed by atoms with Crippen LogP contribution in [0.25, 0.3) is 0 Å². The van der Waals surface area contributed by atoms with Crippen LogP contribution < -0.4 is 0 Å². The van der Waals surface area contributed by atoms with Crippen molar-refractivity contribution in [1.29, 1.82) is 0 Å². The van der Waals surface area contributed by atoms with Crippen molar-refractivity contribution in [2.75, 3.05) is 20.1 Å². The predicted octanol–water partition coefficient (Wildman–Crippen LogP) is 2.88. The summed E-state index contributed by atoms with van der Waals surface area (Å²) in [6.45, 7) is 5.09. The van der Waals surface area contributed by atoms with Gasteiger partial charge in [0.25, 0.3) is 10.0 Å². The number of nitrogens with zero attached hydrogens (tertiary/aromatic N) is 2. The minimum atomic E-state index is -3.44. The minimum Gasteiger partial charge on any atom is -0.298 e. The summed E-state index contributed by atoms with van der Waals surface area (Å²) in [5.74, 6) is 0. The van der Waals surface area contributed by atoms with Crippen LogP contribution in [-0.4, -0.2) is 49.8 Å². The number of hydrogen-bond donors (Lipinski definition) is 0. The highest BCUT2D eigenvalue weighted by atomic mass is 79.9. The van der Waals surface area contributed by atoms with Crippen LogP contribution in [0.2, 0.25) is 5.02 Å². The van der Waals surface area contributed by atoms with E-state index in [0.717, 1.165) is 11.3 Å². The summed E-state index contributed by atoms with van der Waals surface area (Å²) < 4.78 is 27.7. The van der Waals surface area contributed by atoms with Crippen molar-refractivity contribution in [2.24, 2.45) is 0 Å². The number of piperazine rings is 1. The molecule has 2 atom stereocenters. The highest BCUT2D eigenvalue weighted by Gasteiger charge is 2.35. The monoisotopic (exact) mass is 386 g/mol. The van der Waals surface area contributed by atoms with Crippen LogP contribution in [-0.2, 0) is 10.0 Å². The van der Waals surface area contributed by atoms with Crippen molar-refractivity contribution in [1.82, 2.24) is 9.21 Å². The Kier molecular flexibility index (Phi) is 4.65. The molecule has 0 aromatic carbocycles. The van der Waals surface area contributed by atoms with Crippen LogP contribution in [0.15, 0.2) is 14.1 Å². The molecule has 4 nitrogen and oxygen atoms in total. The maximum absolute atomic E-state index is 12.6. The third-order valence-electron chi connectivity index (χ3n) is 3.54. The van der Waals surface area contributed by atoms with Crippen LogP contribution in [0.1, 0.15) is 13.8 Å². The molecule has 0 saturated carbocycles. The molecular weight excluding hydrogens is 372 g/mol. The van der Waals surface area contributed by atoms with E-state index in [0.29, 0.717) is 26.1 Å². The molecule has 1 fully saturated rings. The van der Waals surface area contributed by atoms with Gasteiger partial charge in [-0.05, 0) is 42.9 Å². The van der Waals surface area contributed by atoms with Crippen LogP contribution in [0.4, 0.5) is 0 Å². The second-order valence-electron chi connectivity index (χ2n) is 4.87. The number of sulfonamides is 1. The van der Waals surface area contributed by atoms with Gasteiger partial charge >= 0.3 is 0 Å². The Morgan fingerprint density at radius 1 is 1.37 bits per heavy atom. The first kappa shape index (κ1) is 15.7. The molecule has 2 unspecified atom stereocenters. The van der Waals surface area contributed by atoms with Crippen molar-refractivity contribution in [3.05, 3.63) is 14.9 Å². The lowest BCUT2D eigenvalue weighted by molar-refractivity contribution is 0.105. The van der Waals surface area contributed by atoms with Crippen molar-refractivity contribution in [3.63, 3.8) is 0 Å². The van der Waals surface area contributed by atoms with E-state index in [1.165, 1.54) is 6.07 Å². The zero-order chi connectivity index (χ0) is 14.4. The van der Waals surface area contributed by atoms with Crippen molar-refractivity contribution < 1.29 is 8.42 Å². The number of likely N-dealkylation sites (N-methyl/N-ethyl adjacent to an activating group) is 1. The zero-order valence-corrected chi connectivity index (χ0v) is 14.9. The Balaban J connectivity index is 2.30. The largest absolute Gasteiger partial charge is 0.298 e. The molecule has 0 bridgehead atoms. The van der Waals surface area contributed by atoms with Crippen molar-refractivity contribution in [2.45, 2.75) is 30.1 Å². The zero-order valence-electron chi connectivity index (χ0n) is 10.9. The van der Waals surface area contributed by atoms with E-state index in [1.54, 1.807) is 4.31 Å².